The van der Waals surface area contributed by atoms with Crippen LogP contribution in [0.5, 0.6) is 0 Å². The Morgan fingerprint density at radius 2 is 1.25 bits per heavy atom. The van der Waals surface area contributed by atoms with Gasteiger partial charge in [-0.2, -0.15) is 0 Å². The van der Waals surface area contributed by atoms with Crippen molar-refractivity contribution in [2.45, 2.75) is 24.7 Å². The van der Waals surface area contributed by atoms with Gasteiger partial charge in [-0.05, 0) is 17.8 Å². The molecule has 0 bridgehead atoms. The van der Waals surface area contributed by atoms with Gasteiger partial charge in [0.15, 0.2) is 0 Å². The number of halogens is 1. The van der Waals surface area contributed by atoms with Crippen LogP contribution in [0.1, 0.15) is 20.8 Å². The smallest absolute Gasteiger partial charge is 0.0166 e. The van der Waals surface area contributed by atoms with Crippen molar-refractivity contribution in [3.63, 3.8) is 0 Å². The minimum Gasteiger partial charge on any atom is -0.0820 e. The SMILES string of the molecule is CC1C(C)C(I)C1C. The average Bonchev–Trinajstić information content (AvgIpc) is 1.83. The molecule has 0 radical (unpaired) electrons. The van der Waals surface area contributed by atoms with Crippen LogP contribution in [0.3, 0.4) is 0 Å². The van der Waals surface area contributed by atoms with E-state index in [1.165, 1.54) is 0 Å². The van der Waals surface area contributed by atoms with Crippen molar-refractivity contribution >= 4 is 22.6 Å². The van der Waals surface area contributed by atoms with Gasteiger partial charge in [0, 0.05) is 3.92 Å². The van der Waals surface area contributed by atoms with E-state index in [0.29, 0.717) is 0 Å². The summed E-state index contributed by atoms with van der Waals surface area (Å²) in [6.07, 6.45) is 0. The first-order valence-electron chi connectivity index (χ1n) is 3.28. The predicted octanol–water partition coefficient (Wildman–Crippen LogP) is 2.71. The molecular weight excluding hydrogens is 211 g/mol. The Bertz CT molecular complexity index is 58.4. The number of rotatable bonds is 0. The predicted molar refractivity (Wildman–Crippen MR) is 45.3 cm³/mol. The molecule has 0 heterocycles. The molecule has 1 rings (SSSR count). The van der Waals surface area contributed by atoms with Gasteiger partial charge in [-0.15, -0.1) is 0 Å². The van der Waals surface area contributed by atoms with Crippen LogP contribution >= 0.6 is 22.6 Å². The van der Waals surface area contributed by atoms with E-state index < -0.39 is 0 Å². The van der Waals surface area contributed by atoms with Gasteiger partial charge in [-0.3, -0.25) is 0 Å². The first kappa shape index (κ1) is 6.84. The van der Waals surface area contributed by atoms with Gasteiger partial charge in [-0.25, -0.2) is 0 Å². The second kappa shape index (κ2) is 2.16. The molecule has 1 saturated carbocycles. The van der Waals surface area contributed by atoms with Crippen molar-refractivity contribution < 1.29 is 0 Å². The van der Waals surface area contributed by atoms with Crippen molar-refractivity contribution in [1.29, 1.82) is 0 Å². The van der Waals surface area contributed by atoms with Crippen molar-refractivity contribution in [3.05, 3.63) is 0 Å². The fourth-order valence-electron chi connectivity index (χ4n) is 1.39. The highest BCUT2D eigenvalue weighted by molar-refractivity contribution is 14.1. The van der Waals surface area contributed by atoms with Gasteiger partial charge < -0.3 is 0 Å². The van der Waals surface area contributed by atoms with E-state index in [-0.39, 0.29) is 0 Å². The van der Waals surface area contributed by atoms with Crippen LogP contribution < -0.4 is 0 Å². The monoisotopic (exact) mass is 224 g/mol. The molecule has 0 aromatic carbocycles. The highest BCUT2D eigenvalue weighted by Crippen LogP contribution is 2.44. The molecule has 0 amide bonds. The largest absolute Gasteiger partial charge is 0.0820 e. The van der Waals surface area contributed by atoms with Crippen LogP contribution in [-0.4, -0.2) is 3.92 Å². The molecule has 0 aliphatic heterocycles. The zero-order valence-electron chi connectivity index (χ0n) is 5.69. The topological polar surface area (TPSA) is 0 Å². The highest BCUT2D eigenvalue weighted by atomic mass is 127. The molecule has 0 aromatic rings. The Hall–Kier alpha value is 0.730. The van der Waals surface area contributed by atoms with Gasteiger partial charge in [0.05, 0.1) is 0 Å². The molecule has 0 aromatic heterocycles. The maximum absolute atomic E-state index is 2.56. The molecule has 1 aliphatic rings. The molecule has 8 heavy (non-hydrogen) atoms. The Morgan fingerprint density at radius 3 is 1.38 bits per heavy atom. The third kappa shape index (κ3) is 0.789. The zero-order valence-corrected chi connectivity index (χ0v) is 7.84. The van der Waals surface area contributed by atoms with E-state index in [2.05, 4.69) is 43.4 Å². The normalized spacial score (nSPS) is 55.5. The molecule has 2 atom stereocenters. The maximum atomic E-state index is 2.56. The minimum atomic E-state index is 0.947. The zero-order chi connectivity index (χ0) is 6.31. The van der Waals surface area contributed by atoms with Crippen LogP contribution in [0.15, 0.2) is 0 Å². The summed E-state index contributed by atoms with van der Waals surface area (Å²) in [5.74, 6) is 2.90. The van der Waals surface area contributed by atoms with Crippen molar-refractivity contribution in [3.8, 4) is 0 Å². The second-order valence-corrected chi connectivity index (χ2v) is 4.46. The van der Waals surface area contributed by atoms with Crippen LogP contribution in [0, 0.1) is 17.8 Å². The highest BCUT2D eigenvalue weighted by Gasteiger charge is 2.39. The molecular formula is C7H13I. The third-order valence-electron chi connectivity index (χ3n) is 2.66. The van der Waals surface area contributed by atoms with Crippen LogP contribution in [0.2, 0.25) is 0 Å². The van der Waals surface area contributed by atoms with Crippen LogP contribution in [0.4, 0.5) is 0 Å². The molecule has 1 aliphatic carbocycles. The lowest BCUT2D eigenvalue weighted by molar-refractivity contribution is 0.144. The first-order valence-corrected chi connectivity index (χ1v) is 4.53. The molecule has 48 valence electrons. The molecule has 1 fully saturated rings. The Balaban J connectivity index is 2.42. The fourth-order valence-corrected chi connectivity index (χ4v) is 2.70. The summed E-state index contributed by atoms with van der Waals surface area (Å²) >= 11 is 2.56. The van der Waals surface area contributed by atoms with Crippen molar-refractivity contribution in [1.82, 2.24) is 0 Å². The lowest BCUT2D eigenvalue weighted by Gasteiger charge is -2.44. The molecule has 1 heteroatoms. The Labute approximate surface area is 65.2 Å². The van der Waals surface area contributed by atoms with E-state index in [4.69, 9.17) is 0 Å². The van der Waals surface area contributed by atoms with Gasteiger partial charge in [0.1, 0.15) is 0 Å². The van der Waals surface area contributed by atoms with Gasteiger partial charge in [0.2, 0.25) is 0 Å². The van der Waals surface area contributed by atoms with Crippen LogP contribution in [-0.2, 0) is 0 Å². The quantitative estimate of drug-likeness (QED) is 0.438. The Morgan fingerprint density at radius 1 is 0.875 bits per heavy atom. The first-order chi connectivity index (χ1) is 3.64. The molecule has 0 spiro atoms. The summed E-state index contributed by atoms with van der Waals surface area (Å²) in [7, 11) is 0. The van der Waals surface area contributed by atoms with E-state index in [9.17, 15) is 0 Å². The summed E-state index contributed by atoms with van der Waals surface area (Å²) < 4.78 is 0.947. The van der Waals surface area contributed by atoms with E-state index >= 15 is 0 Å². The van der Waals surface area contributed by atoms with Gasteiger partial charge >= 0.3 is 0 Å². The lowest BCUT2D eigenvalue weighted by Crippen LogP contribution is -2.42. The van der Waals surface area contributed by atoms with E-state index in [1.54, 1.807) is 0 Å². The summed E-state index contributed by atoms with van der Waals surface area (Å²) in [6, 6.07) is 0. The summed E-state index contributed by atoms with van der Waals surface area (Å²) in [4.78, 5) is 0. The van der Waals surface area contributed by atoms with E-state index in [1.807, 2.05) is 0 Å². The molecule has 2 unspecified atom stereocenters. The third-order valence-corrected chi connectivity index (χ3v) is 4.93. The number of hydrogen-bond acceptors (Lipinski definition) is 0. The summed E-state index contributed by atoms with van der Waals surface area (Å²) in [5, 5.41) is 0. The number of alkyl halides is 1. The molecule has 0 nitrogen and oxygen atoms in total. The van der Waals surface area contributed by atoms with Crippen molar-refractivity contribution in [2.24, 2.45) is 17.8 Å². The average molecular weight is 224 g/mol. The molecule has 0 N–H and O–H groups in total. The Kier molecular flexibility index (Phi) is 1.85. The van der Waals surface area contributed by atoms with Gasteiger partial charge in [0.25, 0.3) is 0 Å². The van der Waals surface area contributed by atoms with Gasteiger partial charge in [-0.1, -0.05) is 43.4 Å². The summed E-state index contributed by atoms with van der Waals surface area (Å²) in [6.45, 7) is 7.05. The number of hydrogen-bond donors (Lipinski definition) is 0. The van der Waals surface area contributed by atoms with E-state index in [0.717, 1.165) is 21.7 Å². The lowest BCUT2D eigenvalue weighted by atomic mass is 9.68. The summed E-state index contributed by atoms with van der Waals surface area (Å²) in [5.41, 5.74) is 0. The van der Waals surface area contributed by atoms with Crippen molar-refractivity contribution in [2.75, 3.05) is 0 Å². The standard InChI is InChI=1S/C7H13I/c1-4-5(2)7(8)6(4)3/h4-7H,1-3H3. The fraction of sp³-hybridized carbons (Fsp3) is 1.00. The second-order valence-electron chi connectivity index (χ2n) is 3.02. The minimum absolute atomic E-state index is 0.947. The molecule has 0 saturated heterocycles. The van der Waals surface area contributed by atoms with Crippen LogP contribution in [0.25, 0.3) is 0 Å². The maximum Gasteiger partial charge on any atom is 0.0166 e.